The second kappa shape index (κ2) is 6.29. The molecule has 3 nitrogen and oxygen atoms in total. The molecule has 0 aromatic heterocycles. The summed E-state index contributed by atoms with van der Waals surface area (Å²) in [5, 5.41) is 10.0. The van der Waals surface area contributed by atoms with E-state index in [1.54, 1.807) is 18.2 Å². The van der Waals surface area contributed by atoms with E-state index in [1.807, 2.05) is 0 Å². The first-order valence-corrected chi connectivity index (χ1v) is 7.23. The molecule has 1 aliphatic rings. The van der Waals surface area contributed by atoms with Crippen LogP contribution in [0.1, 0.15) is 50.0 Å². The van der Waals surface area contributed by atoms with Crippen LogP contribution in [0.3, 0.4) is 0 Å². The fourth-order valence-electron chi connectivity index (χ4n) is 2.96. The molecule has 1 aliphatic carbocycles. The van der Waals surface area contributed by atoms with Crippen LogP contribution in [0.15, 0.2) is 18.2 Å². The molecule has 0 aliphatic heterocycles. The highest BCUT2D eigenvalue weighted by molar-refractivity contribution is 6.30. The standard InChI is InChI=1S/C15H20ClNO2/c16-11-6-7-14(17)12(9-11)13(15(18)19)8-10-4-2-1-3-5-10/h6-7,9-10,13H,1-5,8,17H2,(H,18,19). The van der Waals surface area contributed by atoms with Crippen LogP contribution in [0.4, 0.5) is 5.69 Å². The van der Waals surface area contributed by atoms with Gasteiger partial charge < -0.3 is 10.8 Å². The van der Waals surface area contributed by atoms with Crippen molar-refractivity contribution in [3.05, 3.63) is 28.8 Å². The second-order valence-corrected chi connectivity index (χ2v) is 5.84. The van der Waals surface area contributed by atoms with Gasteiger partial charge in [0.15, 0.2) is 0 Å². The van der Waals surface area contributed by atoms with Crippen molar-refractivity contribution in [2.75, 3.05) is 5.73 Å². The topological polar surface area (TPSA) is 63.3 Å². The molecule has 1 saturated carbocycles. The second-order valence-electron chi connectivity index (χ2n) is 5.40. The van der Waals surface area contributed by atoms with Gasteiger partial charge in [-0.25, -0.2) is 0 Å². The maximum Gasteiger partial charge on any atom is 0.311 e. The average molecular weight is 282 g/mol. The summed E-state index contributed by atoms with van der Waals surface area (Å²) in [4.78, 5) is 11.5. The van der Waals surface area contributed by atoms with E-state index in [1.165, 1.54) is 19.3 Å². The van der Waals surface area contributed by atoms with Gasteiger partial charge in [-0.05, 0) is 36.1 Å². The third-order valence-electron chi connectivity index (χ3n) is 4.02. The van der Waals surface area contributed by atoms with Crippen LogP contribution in [0.25, 0.3) is 0 Å². The molecular weight excluding hydrogens is 262 g/mol. The minimum Gasteiger partial charge on any atom is -0.481 e. The van der Waals surface area contributed by atoms with E-state index in [-0.39, 0.29) is 0 Å². The van der Waals surface area contributed by atoms with Gasteiger partial charge >= 0.3 is 5.97 Å². The van der Waals surface area contributed by atoms with Crippen LogP contribution in [0.2, 0.25) is 5.02 Å². The number of carbonyl (C=O) groups is 1. The zero-order valence-corrected chi connectivity index (χ0v) is 11.7. The lowest BCUT2D eigenvalue weighted by molar-refractivity contribution is -0.139. The number of nitrogens with two attached hydrogens (primary N) is 1. The number of hydrogen-bond donors (Lipinski definition) is 2. The third-order valence-corrected chi connectivity index (χ3v) is 4.25. The molecule has 0 spiro atoms. The molecule has 104 valence electrons. The first-order valence-electron chi connectivity index (χ1n) is 6.85. The van der Waals surface area contributed by atoms with Crippen LogP contribution in [0, 0.1) is 5.92 Å². The molecule has 0 heterocycles. The van der Waals surface area contributed by atoms with Crippen LogP contribution in [-0.4, -0.2) is 11.1 Å². The van der Waals surface area contributed by atoms with Gasteiger partial charge in [0.1, 0.15) is 0 Å². The van der Waals surface area contributed by atoms with Crippen molar-refractivity contribution >= 4 is 23.3 Å². The highest BCUT2D eigenvalue weighted by atomic mass is 35.5. The molecule has 1 fully saturated rings. The summed E-state index contributed by atoms with van der Waals surface area (Å²) in [6.45, 7) is 0. The van der Waals surface area contributed by atoms with Crippen LogP contribution < -0.4 is 5.73 Å². The molecule has 1 atom stereocenters. The summed E-state index contributed by atoms with van der Waals surface area (Å²) in [7, 11) is 0. The smallest absolute Gasteiger partial charge is 0.311 e. The maximum atomic E-state index is 11.5. The number of carboxylic acids is 1. The number of aliphatic carboxylic acids is 1. The number of hydrogen-bond acceptors (Lipinski definition) is 2. The summed E-state index contributed by atoms with van der Waals surface area (Å²) in [6.07, 6.45) is 6.62. The van der Waals surface area contributed by atoms with E-state index < -0.39 is 11.9 Å². The Morgan fingerprint density at radius 3 is 2.68 bits per heavy atom. The van der Waals surface area contributed by atoms with Crippen molar-refractivity contribution in [3.8, 4) is 0 Å². The lowest BCUT2D eigenvalue weighted by Gasteiger charge is -2.25. The first-order chi connectivity index (χ1) is 9.08. The van der Waals surface area contributed by atoms with Gasteiger partial charge in [0.25, 0.3) is 0 Å². The molecule has 2 rings (SSSR count). The van der Waals surface area contributed by atoms with Gasteiger partial charge in [-0.2, -0.15) is 0 Å². The van der Waals surface area contributed by atoms with Crippen molar-refractivity contribution < 1.29 is 9.90 Å². The van der Waals surface area contributed by atoms with Crippen molar-refractivity contribution in [1.82, 2.24) is 0 Å². The molecule has 3 N–H and O–H groups in total. The molecular formula is C15H20ClNO2. The summed E-state index contributed by atoms with van der Waals surface area (Å²) >= 11 is 5.96. The average Bonchev–Trinajstić information content (AvgIpc) is 2.40. The van der Waals surface area contributed by atoms with Gasteiger partial charge in [-0.1, -0.05) is 43.7 Å². The van der Waals surface area contributed by atoms with Crippen molar-refractivity contribution in [1.29, 1.82) is 0 Å². The van der Waals surface area contributed by atoms with Gasteiger partial charge in [0.05, 0.1) is 5.92 Å². The molecule has 0 saturated heterocycles. The van der Waals surface area contributed by atoms with Crippen LogP contribution >= 0.6 is 11.6 Å². The predicted molar refractivity (Wildman–Crippen MR) is 77.4 cm³/mol. The third kappa shape index (κ3) is 3.63. The highest BCUT2D eigenvalue weighted by Gasteiger charge is 2.27. The largest absolute Gasteiger partial charge is 0.481 e. The van der Waals surface area contributed by atoms with Crippen LogP contribution in [0.5, 0.6) is 0 Å². The molecule has 1 aromatic rings. The molecule has 0 bridgehead atoms. The highest BCUT2D eigenvalue weighted by Crippen LogP contribution is 2.36. The summed E-state index contributed by atoms with van der Waals surface area (Å²) in [6, 6.07) is 5.08. The normalized spacial score (nSPS) is 18.2. The SMILES string of the molecule is Nc1ccc(Cl)cc1C(CC1CCCCC1)C(=O)O. The zero-order chi connectivity index (χ0) is 13.8. The van der Waals surface area contributed by atoms with Gasteiger partial charge in [-0.3, -0.25) is 4.79 Å². The van der Waals surface area contributed by atoms with Crippen molar-refractivity contribution in [3.63, 3.8) is 0 Å². The fourth-order valence-corrected chi connectivity index (χ4v) is 3.14. The van der Waals surface area contributed by atoms with E-state index in [4.69, 9.17) is 17.3 Å². The molecule has 1 unspecified atom stereocenters. The van der Waals surface area contributed by atoms with Crippen LogP contribution in [-0.2, 0) is 4.79 Å². The Morgan fingerprint density at radius 1 is 1.37 bits per heavy atom. The molecule has 4 heteroatoms. The Morgan fingerprint density at radius 2 is 2.05 bits per heavy atom. The molecule has 0 radical (unpaired) electrons. The number of benzene rings is 1. The Labute approximate surface area is 118 Å². The number of anilines is 1. The molecule has 19 heavy (non-hydrogen) atoms. The van der Waals surface area contributed by atoms with E-state index in [9.17, 15) is 9.90 Å². The Bertz CT molecular complexity index is 455. The minimum absolute atomic E-state index is 0.494. The lowest BCUT2D eigenvalue weighted by Crippen LogP contribution is -2.19. The van der Waals surface area contributed by atoms with E-state index in [0.29, 0.717) is 28.6 Å². The minimum atomic E-state index is -0.806. The van der Waals surface area contributed by atoms with Gasteiger partial charge in [0, 0.05) is 10.7 Å². The monoisotopic (exact) mass is 281 g/mol. The number of halogens is 1. The Hall–Kier alpha value is -1.22. The van der Waals surface area contributed by atoms with E-state index in [0.717, 1.165) is 12.8 Å². The molecule has 0 amide bonds. The Balaban J connectivity index is 2.19. The quantitative estimate of drug-likeness (QED) is 0.818. The summed E-state index contributed by atoms with van der Waals surface area (Å²) < 4.78 is 0. The zero-order valence-electron chi connectivity index (χ0n) is 10.9. The summed E-state index contributed by atoms with van der Waals surface area (Å²) in [5.74, 6) is -0.852. The van der Waals surface area contributed by atoms with Gasteiger partial charge in [0.2, 0.25) is 0 Å². The van der Waals surface area contributed by atoms with Crippen molar-refractivity contribution in [2.24, 2.45) is 5.92 Å². The molecule has 1 aromatic carbocycles. The van der Waals surface area contributed by atoms with E-state index >= 15 is 0 Å². The number of nitrogen functional groups attached to an aromatic ring is 1. The Kier molecular flexibility index (Phi) is 4.70. The van der Waals surface area contributed by atoms with Gasteiger partial charge in [-0.15, -0.1) is 0 Å². The first kappa shape index (κ1) is 14.2. The fraction of sp³-hybridized carbons (Fsp3) is 0.533. The lowest BCUT2D eigenvalue weighted by atomic mass is 9.80. The van der Waals surface area contributed by atoms with Crippen molar-refractivity contribution in [2.45, 2.75) is 44.4 Å². The maximum absolute atomic E-state index is 11.5. The number of rotatable bonds is 4. The summed E-state index contributed by atoms with van der Waals surface area (Å²) in [5.41, 5.74) is 7.09. The number of carboxylic acid groups (broad SMARTS) is 1. The predicted octanol–water partition coefficient (Wildman–Crippen LogP) is 4.06. The van der Waals surface area contributed by atoms with E-state index in [2.05, 4.69) is 0 Å².